The summed E-state index contributed by atoms with van der Waals surface area (Å²) in [5, 5.41) is 0.830. The number of rotatable bonds is 5. The first kappa shape index (κ1) is 14.6. The summed E-state index contributed by atoms with van der Waals surface area (Å²) in [6.07, 6.45) is 4.15. The highest BCUT2D eigenvalue weighted by Gasteiger charge is 2.35. The van der Waals surface area contributed by atoms with Gasteiger partial charge in [0, 0.05) is 31.7 Å². The second kappa shape index (κ2) is 5.81. The average Bonchev–Trinajstić information content (AvgIpc) is 3.09. The van der Waals surface area contributed by atoms with E-state index in [1.54, 1.807) is 0 Å². The second-order valence-corrected chi connectivity index (χ2v) is 6.91. The van der Waals surface area contributed by atoms with Crippen LogP contribution < -0.4 is 16.4 Å². The fourth-order valence-electron chi connectivity index (χ4n) is 2.78. The Kier molecular flexibility index (Phi) is 4.03. The molecule has 1 aromatic rings. The lowest BCUT2D eigenvalue weighted by molar-refractivity contribution is 0.0749. The lowest BCUT2D eigenvalue weighted by Gasteiger charge is -2.20. The van der Waals surface area contributed by atoms with Gasteiger partial charge in [-0.2, -0.15) is 0 Å². The molecule has 1 amide bonds. The quantitative estimate of drug-likeness (QED) is 0.855. The van der Waals surface area contributed by atoms with Gasteiger partial charge in [0.2, 0.25) is 0 Å². The minimum atomic E-state index is 0.0455. The van der Waals surface area contributed by atoms with E-state index in [2.05, 4.69) is 16.8 Å². The number of aromatic nitrogens is 1. The summed E-state index contributed by atoms with van der Waals surface area (Å²) in [6.45, 7) is 4.57. The third-order valence-electron chi connectivity index (χ3n) is 4.04. The first-order chi connectivity index (χ1) is 10.1. The molecule has 116 valence electrons. The number of hydrogen-bond donors (Lipinski definition) is 2. The summed E-state index contributed by atoms with van der Waals surface area (Å²) in [5.74, 6) is 0.409. The van der Waals surface area contributed by atoms with Gasteiger partial charge in [0.15, 0.2) is 5.13 Å². The lowest BCUT2D eigenvalue weighted by atomic mass is 10.3. The maximum Gasteiger partial charge on any atom is 0.268 e. The number of carbonyl (C=O) groups excluding carboxylic acids is 1. The highest BCUT2D eigenvalue weighted by Crippen LogP contribution is 2.34. The molecule has 0 spiro atoms. The lowest BCUT2D eigenvalue weighted by Crippen LogP contribution is -2.33. The van der Waals surface area contributed by atoms with E-state index in [0.717, 1.165) is 50.4 Å². The molecule has 0 aromatic carbocycles. The van der Waals surface area contributed by atoms with Crippen molar-refractivity contribution in [3.8, 4) is 0 Å². The number of nitrogens with two attached hydrogens (primary N) is 2. The Morgan fingerprint density at radius 3 is 2.81 bits per heavy atom. The third-order valence-corrected chi connectivity index (χ3v) is 5.16. The largest absolute Gasteiger partial charge is 0.382 e. The first-order valence-electron chi connectivity index (χ1n) is 7.68. The number of thiazole rings is 1. The predicted molar refractivity (Wildman–Crippen MR) is 85.7 cm³/mol. The summed E-state index contributed by atoms with van der Waals surface area (Å²) < 4.78 is 0. The maximum absolute atomic E-state index is 12.7. The number of nitrogens with zero attached hydrogens (tertiary/aromatic N) is 3. The summed E-state index contributed by atoms with van der Waals surface area (Å²) in [7, 11) is 0. The first-order valence-corrected chi connectivity index (χ1v) is 8.49. The van der Waals surface area contributed by atoms with Gasteiger partial charge < -0.3 is 21.3 Å². The van der Waals surface area contributed by atoms with Crippen LogP contribution in [0, 0.1) is 0 Å². The average molecular weight is 309 g/mol. The van der Waals surface area contributed by atoms with Crippen LogP contribution in [0.3, 0.4) is 0 Å². The van der Waals surface area contributed by atoms with E-state index in [-0.39, 0.29) is 11.9 Å². The van der Waals surface area contributed by atoms with E-state index in [1.165, 1.54) is 11.3 Å². The topological polar surface area (TPSA) is 88.5 Å². The van der Waals surface area contributed by atoms with Gasteiger partial charge >= 0.3 is 0 Å². The number of hydrogen-bond acceptors (Lipinski definition) is 6. The Balaban J connectivity index is 1.78. The zero-order valence-corrected chi connectivity index (χ0v) is 13.2. The number of anilines is 2. The van der Waals surface area contributed by atoms with Gasteiger partial charge in [-0.05, 0) is 25.7 Å². The monoisotopic (exact) mass is 309 g/mol. The van der Waals surface area contributed by atoms with Crippen LogP contribution in [0.2, 0.25) is 0 Å². The molecule has 1 unspecified atom stereocenters. The molecule has 1 aromatic heterocycles. The number of carbonyl (C=O) groups is 1. The summed E-state index contributed by atoms with van der Waals surface area (Å²) >= 11 is 1.41. The van der Waals surface area contributed by atoms with Gasteiger partial charge in [-0.25, -0.2) is 4.98 Å². The zero-order valence-electron chi connectivity index (χ0n) is 12.4. The molecule has 0 bridgehead atoms. The molecule has 2 aliphatic rings. The highest BCUT2D eigenvalue weighted by molar-refractivity contribution is 7.18. The van der Waals surface area contributed by atoms with Crippen LogP contribution >= 0.6 is 11.3 Å². The minimum absolute atomic E-state index is 0.0455. The molecule has 1 aliphatic carbocycles. The molecule has 4 N–H and O–H groups in total. The Morgan fingerprint density at radius 2 is 2.24 bits per heavy atom. The molecule has 1 atom stereocenters. The van der Waals surface area contributed by atoms with Crippen LogP contribution in [-0.2, 0) is 0 Å². The Morgan fingerprint density at radius 1 is 1.48 bits per heavy atom. The van der Waals surface area contributed by atoms with Crippen molar-refractivity contribution in [3.63, 3.8) is 0 Å². The van der Waals surface area contributed by atoms with Crippen LogP contribution in [0.1, 0.15) is 42.3 Å². The molecule has 6 nitrogen and oxygen atoms in total. The van der Waals surface area contributed by atoms with Crippen LogP contribution in [-0.4, -0.2) is 47.5 Å². The molecular weight excluding hydrogens is 286 g/mol. The van der Waals surface area contributed by atoms with E-state index in [4.69, 9.17) is 11.5 Å². The van der Waals surface area contributed by atoms with E-state index in [0.29, 0.717) is 16.7 Å². The second-order valence-electron chi connectivity index (χ2n) is 5.94. The van der Waals surface area contributed by atoms with Gasteiger partial charge in [-0.3, -0.25) is 4.79 Å². The SMILES string of the molecule is CCCN(C(=O)c1sc(N2CCC(N)C2)nc1N)C1CC1. The summed E-state index contributed by atoms with van der Waals surface area (Å²) in [4.78, 5) is 21.8. The summed E-state index contributed by atoms with van der Waals surface area (Å²) in [6, 6.07) is 0.597. The van der Waals surface area contributed by atoms with E-state index >= 15 is 0 Å². The Labute approximate surface area is 129 Å². The van der Waals surface area contributed by atoms with Crippen molar-refractivity contribution >= 4 is 28.2 Å². The number of nitrogen functional groups attached to an aromatic ring is 1. The highest BCUT2D eigenvalue weighted by atomic mass is 32.1. The van der Waals surface area contributed by atoms with Crippen molar-refractivity contribution in [1.82, 2.24) is 9.88 Å². The summed E-state index contributed by atoms with van der Waals surface area (Å²) in [5.41, 5.74) is 11.9. The molecule has 1 saturated carbocycles. The van der Waals surface area contributed by atoms with E-state index < -0.39 is 0 Å². The van der Waals surface area contributed by atoms with Gasteiger partial charge in [-0.15, -0.1) is 0 Å². The van der Waals surface area contributed by atoms with Crippen LogP contribution in [0.25, 0.3) is 0 Å². The fourth-order valence-corrected chi connectivity index (χ4v) is 3.75. The molecule has 3 rings (SSSR count). The third kappa shape index (κ3) is 2.98. The molecule has 1 saturated heterocycles. The molecule has 2 fully saturated rings. The zero-order chi connectivity index (χ0) is 15.0. The van der Waals surface area contributed by atoms with Gasteiger partial charge in [0.25, 0.3) is 5.91 Å². The Hall–Kier alpha value is -1.34. The van der Waals surface area contributed by atoms with Crippen molar-refractivity contribution in [3.05, 3.63) is 4.88 Å². The van der Waals surface area contributed by atoms with Crippen molar-refractivity contribution < 1.29 is 4.79 Å². The maximum atomic E-state index is 12.7. The van der Waals surface area contributed by atoms with Gasteiger partial charge in [0.1, 0.15) is 10.7 Å². The molecule has 21 heavy (non-hydrogen) atoms. The molecular formula is C14H23N5OS. The molecule has 1 aliphatic heterocycles. The molecule has 0 radical (unpaired) electrons. The van der Waals surface area contributed by atoms with Crippen molar-refractivity contribution in [1.29, 1.82) is 0 Å². The van der Waals surface area contributed by atoms with Crippen LogP contribution in [0.15, 0.2) is 0 Å². The van der Waals surface area contributed by atoms with E-state index in [1.807, 2.05) is 4.90 Å². The molecule has 7 heteroatoms. The van der Waals surface area contributed by atoms with Crippen LogP contribution in [0.5, 0.6) is 0 Å². The van der Waals surface area contributed by atoms with Gasteiger partial charge in [-0.1, -0.05) is 18.3 Å². The molecule has 2 heterocycles. The fraction of sp³-hybridized carbons (Fsp3) is 0.714. The van der Waals surface area contributed by atoms with Crippen molar-refractivity contribution in [2.75, 3.05) is 30.3 Å². The standard InChI is InChI=1S/C14H23N5OS/c1-2-6-19(10-3-4-10)13(20)11-12(16)17-14(21-11)18-7-5-9(15)8-18/h9-10H,2-8,15-16H2,1H3. The van der Waals surface area contributed by atoms with Gasteiger partial charge in [0.05, 0.1) is 0 Å². The number of amides is 1. The predicted octanol–water partition coefficient (Wildman–Crippen LogP) is 1.28. The minimum Gasteiger partial charge on any atom is -0.382 e. The van der Waals surface area contributed by atoms with Crippen molar-refractivity contribution in [2.45, 2.75) is 44.7 Å². The van der Waals surface area contributed by atoms with Crippen LogP contribution in [0.4, 0.5) is 10.9 Å². The normalized spacial score (nSPS) is 21.8. The van der Waals surface area contributed by atoms with Crippen molar-refractivity contribution in [2.24, 2.45) is 5.73 Å². The van der Waals surface area contributed by atoms with E-state index in [9.17, 15) is 4.79 Å². The Bertz CT molecular complexity index is 527. The smallest absolute Gasteiger partial charge is 0.268 e.